The van der Waals surface area contributed by atoms with Gasteiger partial charge in [0.25, 0.3) is 0 Å². The van der Waals surface area contributed by atoms with Crippen molar-refractivity contribution in [2.45, 2.75) is 65.6 Å². The third-order valence-electron chi connectivity index (χ3n) is 10.4. The van der Waals surface area contributed by atoms with Crippen LogP contribution in [0.4, 0.5) is 0 Å². The Morgan fingerprint density at radius 3 is 1.49 bits per heavy atom. The minimum absolute atomic E-state index is 0.232. The van der Waals surface area contributed by atoms with E-state index in [1.807, 2.05) is 90.0 Å². The minimum atomic E-state index is -0.461. The first-order valence-electron chi connectivity index (χ1n) is 20.8. The fourth-order valence-corrected chi connectivity index (χ4v) is 7.60. The summed E-state index contributed by atoms with van der Waals surface area (Å²) in [6.45, 7) is 11.7. The Labute approximate surface area is 431 Å². The average molecular weight is 1110 g/mol. The van der Waals surface area contributed by atoms with Crippen LogP contribution in [0.3, 0.4) is 0 Å². The molecule has 0 spiro atoms. The van der Waals surface area contributed by atoms with E-state index < -0.39 is 18.3 Å². The van der Waals surface area contributed by atoms with Crippen LogP contribution in [-0.2, 0) is 22.2 Å². The molecule has 5 heterocycles. The molecule has 1 aliphatic rings. The van der Waals surface area contributed by atoms with Gasteiger partial charge in [0.1, 0.15) is 21.5 Å². The van der Waals surface area contributed by atoms with E-state index in [0.717, 1.165) is 22.4 Å². The first-order chi connectivity index (χ1) is 32.4. The molecule has 12 nitrogen and oxygen atoms in total. The minimum Gasteiger partial charge on any atom is -0.480 e. The summed E-state index contributed by atoms with van der Waals surface area (Å²) >= 11 is 27.5. The maximum absolute atomic E-state index is 9.23. The van der Waals surface area contributed by atoms with Gasteiger partial charge in [0.15, 0.2) is 11.5 Å². The highest BCUT2D eigenvalue weighted by Gasteiger charge is 2.50. The summed E-state index contributed by atoms with van der Waals surface area (Å²) < 4.78 is 36.0. The van der Waals surface area contributed by atoms with E-state index >= 15 is 0 Å². The van der Waals surface area contributed by atoms with Crippen LogP contribution in [0.5, 0.6) is 34.8 Å². The number of benzene rings is 2. The van der Waals surface area contributed by atoms with Gasteiger partial charge >= 0.3 is 7.12 Å². The van der Waals surface area contributed by atoms with Crippen LogP contribution in [0.2, 0.25) is 20.1 Å². The van der Waals surface area contributed by atoms with Crippen LogP contribution in [-0.4, -0.2) is 52.5 Å². The van der Waals surface area contributed by atoms with Gasteiger partial charge in [-0.1, -0.05) is 70.6 Å². The zero-order chi connectivity index (χ0) is 49.6. The van der Waals surface area contributed by atoms with Crippen LogP contribution < -0.4 is 18.9 Å². The summed E-state index contributed by atoms with van der Waals surface area (Å²) in [5.74, 6) is 3.99. The topological polar surface area (TPSA) is 155 Å². The van der Waals surface area contributed by atoms with Gasteiger partial charge in [0.05, 0.1) is 48.7 Å². The molecule has 0 aliphatic carbocycles. The van der Waals surface area contributed by atoms with Crippen LogP contribution in [0.15, 0.2) is 104 Å². The van der Waals surface area contributed by atoms with Crippen molar-refractivity contribution in [2.24, 2.45) is 0 Å². The summed E-state index contributed by atoms with van der Waals surface area (Å²) in [7, 11) is 2.52. The van der Waals surface area contributed by atoms with E-state index in [2.05, 4.69) is 54.7 Å². The lowest BCUT2D eigenvalue weighted by Gasteiger charge is -2.32. The first kappa shape index (κ1) is 53.5. The predicted molar refractivity (Wildman–Crippen MR) is 276 cm³/mol. The number of aryl methyl sites for hydroxylation is 2. The molecule has 7 rings (SSSR count). The summed E-state index contributed by atoms with van der Waals surface area (Å²) in [4.78, 5) is 16.7. The summed E-state index contributed by atoms with van der Waals surface area (Å²) in [5, 5.41) is 19.7. The van der Waals surface area contributed by atoms with Crippen LogP contribution in [0, 0.1) is 40.1 Å². The summed E-state index contributed by atoms with van der Waals surface area (Å²) in [5.41, 5.74) is 3.96. The second-order valence-electron chi connectivity index (χ2n) is 15.7. The van der Waals surface area contributed by atoms with Gasteiger partial charge in [-0.3, -0.25) is 9.97 Å². The van der Waals surface area contributed by atoms with Crippen LogP contribution in [0.1, 0.15) is 66.9 Å². The quantitative estimate of drug-likeness (QED) is 0.0846. The molecule has 2 aromatic carbocycles. The Morgan fingerprint density at radius 2 is 1.09 bits per heavy atom. The molecule has 1 saturated heterocycles. The number of nitrogens with zero attached hydrogens (tertiary/aromatic N) is 6. The van der Waals surface area contributed by atoms with Gasteiger partial charge < -0.3 is 28.3 Å². The van der Waals surface area contributed by atoms with E-state index in [9.17, 15) is 10.5 Å². The molecular weight excluding hydrogens is 1060 g/mol. The number of methoxy groups -OCH3 is 2. The highest BCUT2D eigenvalue weighted by Crippen LogP contribution is 2.43. The van der Waals surface area contributed by atoms with Crippen molar-refractivity contribution < 1.29 is 28.3 Å². The molecule has 6 aromatic rings. The van der Waals surface area contributed by atoms with Crippen LogP contribution in [0.25, 0.3) is 6.08 Å². The first-order valence-corrected chi connectivity index (χ1v) is 23.3. The lowest BCUT2D eigenvalue weighted by atomic mass is 9.89. The Morgan fingerprint density at radius 1 is 0.662 bits per heavy atom. The van der Waals surface area contributed by atoms with E-state index in [-0.39, 0.29) is 21.8 Å². The fraction of sp³-hybridized carbons (Fsp3) is 0.240. The molecule has 18 heteroatoms. The number of halogens is 5. The molecule has 1 fully saturated rings. The molecule has 0 atom stereocenters. The van der Waals surface area contributed by atoms with Gasteiger partial charge in [-0.2, -0.15) is 10.5 Å². The van der Waals surface area contributed by atoms with E-state index in [0.29, 0.717) is 62.7 Å². The van der Waals surface area contributed by atoms with E-state index in [4.69, 9.17) is 74.7 Å². The molecular formula is C50H46BCl4IN6O6. The van der Waals surface area contributed by atoms with E-state index in [1.165, 1.54) is 17.8 Å². The second-order valence-corrected chi connectivity index (χ2v) is 18.6. The zero-order valence-electron chi connectivity index (χ0n) is 38.4. The van der Waals surface area contributed by atoms with Crippen molar-refractivity contribution in [1.82, 2.24) is 19.9 Å². The number of allylic oxidation sites excluding steroid dienone is 2. The Kier molecular flexibility index (Phi) is 19.5. The Balaban J connectivity index is 0.000000222. The average Bonchev–Trinajstić information content (AvgIpc) is 3.52. The standard InChI is InChI=1S/C23H25BCl2N2O4.C22H17Cl2N3O2.C5H4IN/c1-14-18(8-7-9-24-31-22(2,3)23(4,5)32-24)20(19(26)21(28-14)29-6)30-17-11-15(13-27)10-16(25)12-17;1-14-19(5-3-4-15-6-8-26-9-7-15)21(20(24)22(27-14)28-2)29-18-11-16(13-25)10-17(23)12-18;6-5-1-3-7-4-2-5/h7,9-12H,8H2,1-6H3;3-4,6-12H,5H2,1-2H3;1-4H/b9-7+;4-3+;. The molecule has 0 saturated carbocycles. The number of hydrogen-bond acceptors (Lipinski definition) is 12. The van der Waals surface area contributed by atoms with Crippen molar-refractivity contribution in [3.05, 3.63) is 166 Å². The molecule has 0 radical (unpaired) electrons. The maximum Gasteiger partial charge on any atom is 0.486 e. The third kappa shape index (κ3) is 14.5. The fourth-order valence-electron chi connectivity index (χ4n) is 6.28. The Hall–Kier alpha value is -5.43. The number of nitriles is 2. The van der Waals surface area contributed by atoms with Gasteiger partial charge in [-0.05, 0) is 143 Å². The number of ether oxygens (including phenoxy) is 4. The molecule has 350 valence electrons. The molecule has 0 bridgehead atoms. The number of rotatable bonds is 12. The van der Waals surface area contributed by atoms with Crippen molar-refractivity contribution in [3.8, 4) is 46.9 Å². The molecule has 0 unspecified atom stereocenters. The Bertz CT molecular complexity index is 2850. The molecule has 68 heavy (non-hydrogen) atoms. The monoisotopic (exact) mass is 1100 g/mol. The largest absolute Gasteiger partial charge is 0.486 e. The van der Waals surface area contributed by atoms with Gasteiger partial charge in [0, 0.05) is 60.9 Å². The third-order valence-corrected chi connectivity index (χ3v) is 12.2. The van der Waals surface area contributed by atoms with Crippen molar-refractivity contribution >= 4 is 82.2 Å². The SMILES string of the molecule is COc1nc(C)c(C/C=C/B2OC(C)(C)C(C)(C)O2)c(Oc2cc(Cl)cc(C#N)c2)c1Cl.COc1nc(C)c(C/C=C/c2ccncc2)c(Oc2cc(Cl)cc(C#N)c2)c1Cl.Ic1ccncc1. The smallest absolute Gasteiger partial charge is 0.480 e. The molecule has 0 amide bonds. The number of hydrogen-bond donors (Lipinski definition) is 0. The van der Waals surface area contributed by atoms with Crippen LogP contribution >= 0.6 is 69.0 Å². The molecule has 1 aliphatic heterocycles. The summed E-state index contributed by atoms with van der Waals surface area (Å²) in [6.07, 6.45) is 13.9. The van der Waals surface area contributed by atoms with Crippen molar-refractivity contribution in [1.29, 1.82) is 10.5 Å². The lowest BCUT2D eigenvalue weighted by Crippen LogP contribution is -2.41. The van der Waals surface area contributed by atoms with Crippen molar-refractivity contribution in [3.63, 3.8) is 0 Å². The highest BCUT2D eigenvalue weighted by molar-refractivity contribution is 14.1. The van der Waals surface area contributed by atoms with Gasteiger partial charge in [-0.25, -0.2) is 9.97 Å². The second kappa shape index (κ2) is 24.7. The predicted octanol–water partition coefficient (Wildman–Crippen LogP) is 13.8. The maximum atomic E-state index is 9.23. The van der Waals surface area contributed by atoms with Gasteiger partial charge in [-0.15, -0.1) is 0 Å². The molecule has 4 aromatic heterocycles. The number of aromatic nitrogens is 4. The van der Waals surface area contributed by atoms with E-state index in [1.54, 1.807) is 61.2 Å². The summed E-state index contributed by atoms with van der Waals surface area (Å²) in [6, 6.07) is 21.4. The lowest BCUT2D eigenvalue weighted by molar-refractivity contribution is 0.00578. The van der Waals surface area contributed by atoms with Crippen molar-refractivity contribution in [2.75, 3.05) is 14.2 Å². The van der Waals surface area contributed by atoms with Gasteiger partial charge in [0.2, 0.25) is 11.8 Å². The normalized spacial score (nSPS) is 13.4. The molecule has 0 N–H and O–H groups in total. The highest BCUT2D eigenvalue weighted by atomic mass is 127. The zero-order valence-corrected chi connectivity index (χ0v) is 43.6. The number of pyridine rings is 4.